The summed E-state index contributed by atoms with van der Waals surface area (Å²) in [6, 6.07) is 0. The van der Waals surface area contributed by atoms with E-state index in [1.165, 1.54) is 53.8 Å². The molecule has 3 heterocycles. The van der Waals surface area contributed by atoms with E-state index in [1.807, 2.05) is 18.0 Å². The molecule has 1 unspecified atom stereocenters. The van der Waals surface area contributed by atoms with Crippen molar-refractivity contribution in [1.82, 2.24) is 4.90 Å². The number of nitrogens with zero attached hydrogens (tertiary/aromatic N) is 1. The van der Waals surface area contributed by atoms with Crippen LogP contribution in [0.4, 0.5) is 0 Å². The van der Waals surface area contributed by atoms with Crippen LogP contribution < -0.4 is 0 Å². The molecule has 1 fully saturated rings. The molecule has 148 valence electrons. The molecule has 1 atom stereocenters. The van der Waals surface area contributed by atoms with Gasteiger partial charge in [0.05, 0.1) is 24.2 Å². The monoisotopic (exact) mass is 415 g/mol. The number of fused-ring (bicyclic) bond motifs is 1. The lowest BCUT2D eigenvalue weighted by Crippen LogP contribution is -2.28. The molecule has 5 rings (SSSR count). The molecule has 0 amide bonds. The van der Waals surface area contributed by atoms with Crippen molar-refractivity contribution in [2.24, 2.45) is 0 Å². The van der Waals surface area contributed by atoms with Crippen molar-refractivity contribution in [1.29, 1.82) is 0 Å². The number of ether oxygens (including phenoxy) is 2. The fourth-order valence-corrected chi connectivity index (χ4v) is 5.64. The van der Waals surface area contributed by atoms with Crippen LogP contribution in [0.5, 0.6) is 0 Å². The van der Waals surface area contributed by atoms with Crippen LogP contribution in [0.15, 0.2) is 82.1 Å². The first-order valence-corrected chi connectivity index (χ1v) is 10.7. The molecule has 0 aromatic carbocycles. The fraction of sp³-hybridized carbons (Fsp3) is 0.391. The van der Waals surface area contributed by atoms with Gasteiger partial charge in [-0.3, -0.25) is 0 Å². The Morgan fingerprint density at radius 2 is 2.00 bits per heavy atom. The molecular formula is C23H26ClNO2S. The maximum atomic E-state index is 6.02. The van der Waals surface area contributed by atoms with Gasteiger partial charge < -0.3 is 14.4 Å². The second kappa shape index (κ2) is 8.50. The molecule has 3 aliphatic heterocycles. The predicted octanol–water partition coefficient (Wildman–Crippen LogP) is 4.72. The minimum Gasteiger partial charge on any atom is -0.496 e. The van der Waals surface area contributed by atoms with E-state index in [4.69, 9.17) is 9.47 Å². The number of hydrogen-bond acceptors (Lipinski definition) is 4. The third-order valence-electron chi connectivity index (χ3n) is 5.87. The van der Waals surface area contributed by atoms with Crippen LogP contribution in [0.25, 0.3) is 0 Å². The molecule has 1 saturated heterocycles. The van der Waals surface area contributed by atoms with E-state index in [0.717, 1.165) is 13.2 Å². The highest BCUT2D eigenvalue weighted by molar-refractivity contribution is 8.04. The molecule has 3 nitrogen and oxygen atoms in total. The standard InChI is InChI=1S/C23H25NO2S.ClH/c1-2-10-24(9-1)11-13-26-16-18-3-5-20-6-4-19-17-25-12-7-21(19)22-8-14-27-23(20,22)15-18;/h3-8,12,14-15H,1-2,9-11,13,16-17H2;1H. The Hall–Kier alpha value is -1.46. The molecular weight excluding hydrogens is 390 g/mol. The first kappa shape index (κ1) is 19.8. The number of rotatable bonds is 5. The van der Waals surface area contributed by atoms with Crippen LogP contribution in [-0.2, 0) is 9.47 Å². The molecule has 0 N–H and O–H groups in total. The topological polar surface area (TPSA) is 21.7 Å². The van der Waals surface area contributed by atoms with Crippen LogP contribution >= 0.6 is 24.2 Å². The third-order valence-corrected chi connectivity index (χ3v) is 7.09. The summed E-state index contributed by atoms with van der Waals surface area (Å²) in [5.41, 5.74) is 6.51. The van der Waals surface area contributed by atoms with Gasteiger partial charge in [-0.1, -0.05) is 30.4 Å². The molecule has 0 radical (unpaired) electrons. The number of halogens is 1. The molecule has 1 spiro atoms. The lowest BCUT2D eigenvalue weighted by molar-refractivity contribution is 0.130. The van der Waals surface area contributed by atoms with Gasteiger partial charge in [0.1, 0.15) is 6.61 Å². The maximum absolute atomic E-state index is 6.02. The highest BCUT2D eigenvalue weighted by Crippen LogP contribution is 2.53. The van der Waals surface area contributed by atoms with E-state index in [9.17, 15) is 0 Å². The predicted molar refractivity (Wildman–Crippen MR) is 119 cm³/mol. The second-order valence-electron chi connectivity index (χ2n) is 7.57. The molecule has 28 heavy (non-hydrogen) atoms. The van der Waals surface area contributed by atoms with E-state index in [1.54, 1.807) is 0 Å². The van der Waals surface area contributed by atoms with E-state index in [-0.39, 0.29) is 17.2 Å². The molecule has 5 aliphatic rings. The van der Waals surface area contributed by atoms with E-state index < -0.39 is 0 Å². The van der Waals surface area contributed by atoms with Crippen molar-refractivity contribution in [3.05, 3.63) is 82.1 Å². The number of likely N-dealkylation sites (tertiary alicyclic amines) is 1. The number of allylic oxidation sites excluding steroid dienone is 5. The van der Waals surface area contributed by atoms with Crippen LogP contribution in [0, 0.1) is 0 Å². The zero-order chi connectivity index (χ0) is 18.1. The van der Waals surface area contributed by atoms with Crippen LogP contribution in [0.2, 0.25) is 0 Å². The molecule has 0 aromatic heterocycles. The first-order valence-electron chi connectivity index (χ1n) is 9.84. The molecule has 5 heteroatoms. The minimum absolute atomic E-state index is 0. The van der Waals surface area contributed by atoms with Crippen molar-refractivity contribution >= 4 is 24.2 Å². The molecule has 0 aromatic rings. The van der Waals surface area contributed by atoms with Gasteiger partial charge in [-0.05, 0) is 71.4 Å². The van der Waals surface area contributed by atoms with Gasteiger partial charge in [0, 0.05) is 6.54 Å². The average Bonchev–Trinajstić information content (AvgIpc) is 3.33. The van der Waals surface area contributed by atoms with E-state index in [2.05, 4.69) is 52.8 Å². The van der Waals surface area contributed by atoms with E-state index in [0.29, 0.717) is 13.2 Å². The summed E-state index contributed by atoms with van der Waals surface area (Å²) in [6.07, 6.45) is 20.2. The normalized spacial score (nSPS) is 27.8. The van der Waals surface area contributed by atoms with Crippen LogP contribution in [-0.4, -0.2) is 49.1 Å². The van der Waals surface area contributed by atoms with Crippen LogP contribution in [0.3, 0.4) is 0 Å². The Labute approximate surface area is 177 Å². The quantitative estimate of drug-likeness (QED) is 0.605. The summed E-state index contributed by atoms with van der Waals surface area (Å²) in [7, 11) is 0. The number of hydrogen-bond donors (Lipinski definition) is 0. The second-order valence-corrected chi connectivity index (χ2v) is 8.72. The van der Waals surface area contributed by atoms with Gasteiger partial charge in [0.2, 0.25) is 0 Å². The van der Waals surface area contributed by atoms with Crippen molar-refractivity contribution in [3.8, 4) is 0 Å². The van der Waals surface area contributed by atoms with E-state index >= 15 is 0 Å². The summed E-state index contributed by atoms with van der Waals surface area (Å²) < 4.78 is 11.4. The summed E-state index contributed by atoms with van der Waals surface area (Å²) in [4.78, 5) is 2.50. The summed E-state index contributed by atoms with van der Waals surface area (Å²) in [5, 5.41) is 2.23. The van der Waals surface area contributed by atoms with Crippen molar-refractivity contribution in [2.45, 2.75) is 17.6 Å². The Kier molecular flexibility index (Phi) is 6.02. The lowest BCUT2D eigenvalue weighted by atomic mass is 9.82. The summed E-state index contributed by atoms with van der Waals surface area (Å²) in [5.74, 6) is 0. The van der Waals surface area contributed by atoms with Crippen LogP contribution in [0.1, 0.15) is 12.8 Å². The largest absolute Gasteiger partial charge is 0.496 e. The van der Waals surface area contributed by atoms with Gasteiger partial charge in [-0.25, -0.2) is 0 Å². The lowest BCUT2D eigenvalue weighted by Gasteiger charge is -2.33. The summed E-state index contributed by atoms with van der Waals surface area (Å²) >= 11 is 1.88. The van der Waals surface area contributed by atoms with Gasteiger partial charge in [-0.15, -0.1) is 24.2 Å². The zero-order valence-corrected chi connectivity index (χ0v) is 17.6. The number of thioether (sulfide) groups is 1. The zero-order valence-electron chi connectivity index (χ0n) is 15.9. The Morgan fingerprint density at radius 3 is 2.89 bits per heavy atom. The van der Waals surface area contributed by atoms with Crippen molar-refractivity contribution < 1.29 is 9.47 Å². The van der Waals surface area contributed by atoms with Gasteiger partial charge >= 0.3 is 0 Å². The third kappa shape index (κ3) is 3.59. The Morgan fingerprint density at radius 1 is 1.11 bits per heavy atom. The molecule has 2 aliphatic carbocycles. The fourth-order valence-electron chi connectivity index (χ4n) is 4.42. The SMILES string of the molecule is C1=CC2=C3C=CSC34C=C(COCCN3CCCC3)C=CC4=CC=C2CO1.Cl. The maximum Gasteiger partial charge on any atom is 0.113 e. The van der Waals surface area contributed by atoms with Crippen molar-refractivity contribution in [2.75, 3.05) is 39.5 Å². The minimum atomic E-state index is -0.127. The van der Waals surface area contributed by atoms with Gasteiger partial charge in [0.15, 0.2) is 0 Å². The molecule has 0 saturated carbocycles. The van der Waals surface area contributed by atoms with Gasteiger partial charge in [0.25, 0.3) is 0 Å². The first-order chi connectivity index (χ1) is 13.4. The summed E-state index contributed by atoms with van der Waals surface area (Å²) in [6.45, 7) is 5.66. The highest BCUT2D eigenvalue weighted by Gasteiger charge is 2.41. The highest BCUT2D eigenvalue weighted by atomic mass is 35.5. The van der Waals surface area contributed by atoms with Gasteiger partial charge in [-0.2, -0.15) is 0 Å². The average molecular weight is 416 g/mol. The Balaban J connectivity index is 0.00000192. The van der Waals surface area contributed by atoms with Crippen molar-refractivity contribution in [3.63, 3.8) is 0 Å². The smallest absolute Gasteiger partial charge is 0.113 e. The Bertz CT molecular complexity index is 843. The molecule has 0 bridgehead atoms.